The van der Waals surface area contributed by atoms with Crippen molar-refractivity contribution in [2.45, 2.75) is 13.8 Å². The molecular formula is C42H56N10O12. The number of hydrogen-bond acceptors (Lipinski definition) is 14. The summed E-state index contributed by atoms with van der Waals surface area (Å²) in [5.41, 5.74) is -3.82. The van der Waals surface area contributed by atoms with Gasteiger partial charge in [0.15, 0.2) is 23.0 Å². The minimum atomic E-state index is -0.747. The van der Waals surface area contributed by atoms with Crippen LogP contribution in [0.3, 0.4) is 0 Å². The average molecular weight is 893 g/mol. The molecule has 0 spiro atoms. The SMILES string of the molecule is CC(C)C(CN(CCNC(=O)c1ccn(C)c(=O)c1O)CCNC(=O)c1ccn(C)c(=O)c1O)CN(CCNC(=O)c1ccn(C)c(=O)c1O)CCNC(=O)c1ccn(C)c(=O)c1O. The number of nitrogens with one attached hydrogen (secondary N) is 4. The maximum absolute atomic E-state index is 13.0. The standard InChI is InChI=1S/C42H56N10O12/c1-25(2)26(23-51(19-11-43-35(57)27-7-15-47(3)39(61)31(27)53)20-12-44-36(58)28-8-16-48(4)40(62)32(28)54)24-52(21-13-45-37(59)29-9-17-49(5)41(63)33(29)55)22-14-46-38(60)30-10-18-50(6)42(64)34(30)56/h7-10,15-18,25-26,53-56H,11-14,19-24H2,1-6H3,(H,43,57)(H,44,58)(H,45,59)(H,46,60). The van der Waals surface area contributed by atoms with E-state index in [4.69, 9.17) is 0 Å². The number of rotatable bonds is 21. The van der Waals surface area contributed by atoms with Crippen LogP contribution in [0.2, 0.25) is 0 Å². The molecule has 0 unspecified atom stereocenters. The van der Waals surface area contributed by atoms with E-state index in [1.165, 1.54) is 77.2 Å². The molecule has 0 aliphatic carbocycles. The molecule has 0 radical (unpaired) electrons. The fraction of sp³-hybridized carbons (Fsp3) is 0.429. The largest absolute Gasteiger partial charge is 0.502 e. The van der Waals surface area contributed by atoms with Crippen molar-refractivity contribution in [3.05, 3.63) is 113 Å². The van der Waals surface area contributed by atoms with Gasteiger partial charge in [-0.05, 0) is 36.1 Å². The van der Waals surface area contributed by atoms with Crippen LogP contribution in [0, 0.1) is 11.8 Å². The summed E-state index contributed by atoms with van der Waals surface area (Å²) >= 11 is 0. The monoisotopic (exact) mass is 892 g/mol. The minimum Gasteiger partial charge on any atom is -0.502 e. The summed E-state index contributed by atoms with van der Waals surface area (Å²) in [5, 5.41) is 52.1. The Bertz CT molecular complexity index is 2260. The third-order valence-electron chi connectivity index (χ3n) is 10.7. The van der Waals surface area contributed by atoms with Crippen molar-refractivity contribution in [2.24, 2.45) is 40.0 Å². The van der Waals surface area contributed by atoms with Gasteiger partial charge in [0.05, 0.1) is 22.3 Å². The summed E-state index contributed by atoms with van der Waals surface area (Å²) in [7, 11) is 5.72. The molecule has 0 aromatic carbocycles. The number of aryl methyl sites for hydroxylation is 4. The number of nitrogens with zero attached hydrogens (tertiary/aromatic N) is 6. The van der Waals surface area contributed by atoms with Crippen LogP contribution in [0.1, 0.15) is 55.3 Å². The number of aromatic nitrogens is 4. The van der Waals surface area contributed by atoms with E-state index in [-0.39, 0.29) is 86.4 Å². The molecule has 0 fully saturated rings. The number of pyridine rings is 4. The van der Waals surface area contributed by atoms with Crippen molar-refractivity contribution in [3.63, 3.8) is 0 Å². The number of carbonyl (C=O) groups excluding carboxylic acids is 4. The Hall–Kier alpha value is -7.20. The Morgan fingerprint density at radius 3 is 0.891 bits per heavy atom. The van der Waals surface area contributed by atoms with Gasteiger partial charge in [-0.3, -0.25) is 48.2 Å². The molecule has 0 atom stereocenters. The number of carbonyl (C=O) groups is 4. The second-order valence-electron chi connectivity index (χ2n) is 15.6. The molecular weight excluding hydrogens is 837 g/mol. The molecule has 0 aliphatic heterocycles. The van der Waals surface area contributed by atoms with Crippen molar-refractivity contribution in [1.82, 2.24) is 49.3 Å². The highest BCUT2D eigenvalue weighted by Crippen LogP contribution is 2.17. The first kappa shape index (κ1) is 49.5. The lowest BCUT2D eigenvalue weighted by Gasteiger charge is -2.34. The summed E-state index contributed by atoms with van der Waals surface area (Å²) in [6, 6.07) is 5.25. The molecule has 0 saturated carbocycles. The Morgan fingerprint density at radius 2 is 0.688 bits per heavy atom. The lowest BCUT2D eigenvalue weighted by molar-refractivity contribution is 0.0931. The van der Waals surface area contributed by atoms with Gasteiger partial charge in [-0.2, -0.15) is 0 Å². The lowest BCUT2D eigenvalue weighted by Crippen LogP contribution is -2.47. The van der Waals surface area contributed by atoms with Crippen LogP contribution < -0.4 is 43.5 Å². The fourth-order valence-corrected chi connectivity index (χ4v) is 6.62. The molecule has 22 heteroatoms. The van der Waals surface area contributed by atoms with Gasteiger partial charge >= 0.3 is 0 Å². The van der Waals surface area contributed by atoms with Crippen LogP contribution in [-0.4, -0.2) is 138 Å². The molecule has 8 N–H and O–H groups in total. The predicted octanol–water partition coefficient (Wildman–Crippen LogP) is -1.80. The maximum atomic E-state index is 13.0. The van der Waals surface area contributed by atoms with Gasteiger partial charge in [0, 0.05) is 118 Å². The number of aromatic hydroxyl groups is 4. The molecule has 0 bridgehead atoms. The summed E-state index contributed by atoms with van der Waals surface area (Å²) in [5.74, 6) is -5.72. The highest BCUT2D eigenvalue weighted by molar-refractivity contribution is 5.98. The summed E-state index contributed by atoms with van der Waals surface area (Å²) in [6.45, 7) is 5.81. The van der Waals surface area contributed by atoms with Crippen LogP contribution in [0.4, 0.5) is 0 Å². The Morgan fingerprint density at radius 1 is 0.469 bits per heavy atom. The normalized spacial score (nSPS) is 11.3. The maximum Gasteiger partial charge on any atom is 0.293 e. The zero-order chi connectivity index (χ0) is 47.4. The fourth-order valence-electron chi connectivity index (χ4n) is 6.62. The molecule has 0 saturated heterocycles. The van der Waals surface area contributed by atoms with E-state index in [9.17, 15) is 58.8 Å². The second kappa shape index (κ2) is 22.2. The van der Waals surface area contributed by atoms with Crippen LogP contribution in [0.15, 0.2) is 68.2 Å². The van der Waals surface area contributed by atoms with Crippen LogP contribution >= 0.6 is 0 Å². The Balaban J connectivity index is 1.53. The van der Waals surface area contributed by atoms with E-state index in [1.54, 1.807) is 0 Å². The van der Waals surface area contributed by atoms with Gasteiger partial charge in [0.2, 0.25) is 0 Å². The van der Waals surface area contributed by atoms with Crippen molar-refractivity contribution in [2.75, 3.05) is 65.4 Å². The third kappa shape index (κ3) is 12.5. The Labute approximate surface area is 367 Å². The van der Waals surface area contributed by atoms with Crippen LogP contribution in [-0.2, 0) is 28.2 Å². The van der Waals surface area contributed by atoms with Crippen molar-refractivity contribution < 1.29 is 39.6 Å². The first-order valence-electron chi connectivity index (χ1n) is 20.3. The molecule has 346 valence electrons. The predicted molar refractivity (Wildman–Crippen MR) is 234 cm³/mol. The van der Waals surface area contributed by atoms with Gasteiger partial charge in [-0.25, -0.2) is 0 Å². The summed E-state index contributed by atoms with van der Waals surface area (Å²) in [6.07, 6.45) is 5.40. The van der Waals surface area contributed by atoms with Crippen LogP contribution in [0.5, 0.6) is 23.0 Å². The van der Waals surface area contributed by atoms with Gasteiger partial charge in [-0.1, -0.05) is 13.8 Å². The molecule has 4 heterocycles. The van der Waals surface area contributed by atoms with E-state index < -0.39 is 68.9 Å². The van der Waals surface area contributed by atoms with Gasteiger partial charge in [0.25, 0.3) is 45.9 Å². The van der Waals surface area contributed by atoms with E-state index in [1.807, 2.05) is 23.6 Å². The third-order valence-corrected chi connectivity index (χ3v) is 10.7. The van der Waals surface area contributed by atoms with E-state index in [2.05, 4.69) is 21.3 Å². The van der Waals surface area contributed by atoms with Crippen molar-refractivity contribution >= 4 is 23.6 Å². The van der Waals surface area contributed by atoms with Crippen LogP contribution in [0.25, 0.3) is 0 Å². The zero-order valence-corrected chi connectivity index (χ0v) is 36.6. The topological polar surface area (TPSA) is 292 Å². The first-order valence-corrected chi connectivity index (χ1v) is 20.3. The average Bonchev–Trinajstić information content (AvgIpc) is 3.25. The summed E-state index contributed by atoms with van der Waals surface area (Å²) in [4.78, 5) is 105. The molecule has 4 aromatic rings. The van der Waals surface area contributed by atoms with Gasteiger partial charge in [-0.15, -0.1) is 0 Å². The second-order valence-corrected chi connectivity index (χ2v) is 15.6. The molecule has 64 heavy (non-hydrogen) atoms. The minimum absolute atomic E-state index is 0.00304. The highest BCUT2D eigenvalue weighted by atomic mass is 16.3. The lowest BCUT2D eigenvalue weighted by atomic mass is 9.94. The van der Waals surface area contributed by atoms with E-state index in [0.29, 0.717) is 13.1 Å². The van der Waals surface area contributed by atoms with Crippen molar-refractivity contribution in [1.29, 1.82) is 0 Å². The number of hydrogen-bond donors (Lipinski definition) is 8. The quantitative estimate of drug-likeness (QED) is 0.0458. The molecule has 4 amide bonds. The number of amides is 4. The molecule has 22 nitrogen and oxygen atoms in total. The smallest absolute Gasteiger partial charge is 0.293 e. The Kier molecular flexibility index (Phi) is 17.2. The molecule has 0 aliphatic rings. The zero-order valence-electron chi connectivity index (χ0n) is 36.6. The van der Waals surface area contributed by atoms with Gasteiger partial charge < -0.3 is 60.0 Å². The van der Waals surface area contributed by atoms with Gasteiger partial charge in [0.1, 0.15) is 0 Å². The molecule has 4 aromatic heterocycles. The van der Waals surface area contributed by atoms with E-state index in [0.717, 1.165) is 18.3 Å². The highest BCUT2D eigenvalue weighted by Gasteiger charge is 2.24. The van der Waals surface area contributed by atoms with E-state index >= 15 is 0 Å². The molecule has 4 rings (SSSR count). The first-order chi connectivity index (χ1) is 30.2. The van der Waals surface area contributed by atoms with Crippen molar-refractivity contribution in [3.8, 4) is 23.0 Å². The summed E-state index contributed by atoms with van der Waals surface area (Å²) < 4.78 is 4.51.